The highest BCUT2D eigenvalue weighted by Gasteiger charge is 2.07. The third-order valence-corrected chi connectivity index (χ3v) is 2.72. The fourth-order valence-corrected chi connectivity index (χ4v) is 1.54. The molecule has 0 aliphatic rings. The number of aromatic nitrogens is 2. The number of halogens is 3. The van der Waals surface area contributed by atoms with Crippen LogP contribution in [0.2, 0.25) is 0 Å². The standard InChI is InChI=1S/C10H7BrF2N4/c11-8-9(14)15-4-16-10(8)17-7-2-5(12)1-6(13)3-7/h1-4H,(H3,14,15,16,17). The van der Waals surface area contributed by atoms with Crippen LogP contribution in [0.4, 0.5) is 26.1 Å². The first-order valence-corrected chi connectivity index (χ1v) is 5.34. The van der Waals surface area contributed by atoms with Crippen LogP contribution in [0.3, 0.4) is 0 Å². The van der Waals surface area contributed by atoms with Crippen molar-refractivity contribution in [2.24, 2.45) is 0 Å². The zero-order valence-electron chi connectivity index (χ0n) is 8.42. The lowest BCUT2D eigenvalue weighted by atomic mass is 10.3. The molecule has 0 aliphatic heterocycles. The van der Waals surface area contributed by atoms with Crippen LogP contribution < -0.4 is 11.1 Å². The molecule has 0 atom stereocenters. The average Bonchev–Trinajstić information content (AvgIpc) is 2.23. The van der Waals surface area contributed by atoms with E-state index in [1.165, 1.54) is 6.33 Å². The molecule has 0 unspecified atom stereocenters. The largest absolute Gasteiger partial charge is 0.383 e. The maximum absolute atomic E-state index is 13.0. The molecule has 0 saturated heterocycles. The fourth-order valence-electron chi connectivity index (χ4n) is 1.23. The number of nitrogens with one attached hydrogen (secondary N) is 1. The number of rotatable bonds is 2. The minimum Gasteiger partial charge on any atom is -0.383 e. The highest BCUT2D eigenvalue weighted by atomic mass is 79.9. The van der Waals surface area contributed by atoms with Crippen molar-refractivity contribution in [2.75, 3.05) is 11.1 Å². The van der Waals surface area contributed by atoms with E-state index >= 15 is 0 Å². The van der Waals surface area contributed by atoms with Crippen molar-refractivity contribution < 1.29 is 8.78 Å². The van der Waals surface area contributed by atoms with Gasteiger partial charge in [-0.15, -0.1) is 0 Å². The summed E-state index contributed by atoms with van der Waals surface area (Å²) in [6, 6.07) is 3.08. The fraction of sp³-hybridized carbons (Fsp3) is 0. The van der Waals surface area contributed by atoms with Gasteiger partial charge in [0.1, 0.15) is 34.1 Å². The molecule has 1 aromatic heterocycles. The Morgan fingerprint density at radius 1 is 1.12 bits per heavy atom. The van der Waals surface area contributed by atoms with Gasteiger partial charge in [0.25, 0.3) is 0 Å². The van der Waals surface area contributed by atoms with E-state index in [0.29, 0.717) is 10.3 Å². The Hall–Kier alpha value is -1.76. The lowest BCUT2D eigenvalue weighted by molar-refractivity contribution is 0.584. The molecule has 0 saturated carbocycles. The Balaban J connectivity index is 2.34. The quantitative estimate of drug-likeness (QED) is 0.895. The van der Waals surface area contributed by atoms with Crippen LogP contribution in [0.5, 0.6) is 0 Å². The minimum absolute atomic E-state index is 0.236. The first kappa shape index (κ1) is 11.7. The Kier molecular flexibility index (Phi) is 3.19. The molecule has 0 amide bonds. The summed E-state index contributed by atoms with van der Waals surface area (Å²) in [5.41, 5.74) is 5.79. The van der Waals surface area contributed by atoms with Crippen molar-refractivity contribution in [3.63, 3.8) is 0 Å². The molecular formula is C10H7BrF2N4. The van der Waals surface area contributed by atoms with Crippen LogP contribution in [-0.2, 0) is 0 Å². The van der Waals surface area contributed by atoms with Crippen molar-refractivity contribution in [1.82, 2.24) is 9.97 Å². The summed E-state index contributed by atoms with van der Waals surface area (Å²) in [5, 5.41) is 2.74. The molecule has 1 heterocycles. The van der Waals surface area contributed by atoms with Gasteiger partial charge in [-0.3, -0.25) is 0 Å². The van der Waals surface area contributed by atoms with Gasteiger partial charge in [-0.2, -0.15) is 0 Å². The number of benzene rings is 1. The Morgan fingerprint density at radius 3 is 2.41 bits per heavy atom. The second-order valence-electron chi connectivity index (χ2n) is 3.20. The van der Waals surface area contributed by atoms with Gasteiger partial charge in [-0.05, 0) is 28.1 Å². The summed E-state index contributed by atoms with van der Waals surface area (Å²) < 4.78 is 26.4. The molecule has 7 heteroatoms. The van der Waals surface area contributed by atoms with Crippen molar-refractivity contribution in [1.29, 1.82) is 0 Å². The van der Waals surface area contributed by atoms with Crippen molar-refractivity contribution >= 4 is 33.3 Å². The summed E-state index contributed by atoms with van der Waals surface area (Å²) in [6.07, 6.45) is 1.25. The molecule has 3 N–H and O–H groups in total. The van der Waals surface area contributed by atoms with Crippen LogP contribution >= 0.6 is 15.9 Å². The summed E-state index contributed by atoms with van der Waals surface area (Å²) in [6.45, 7) is 0. The van der Waals surface area contributed by atoms with Crippen molar-refractivity contribution in [3.05, 3.63) is 40.6 Å². The molecule has 88 valence electrons. The van der Waals surface area contributed by atoms with Crippen LogP contribution in [0.15, 0.2) is 29.0 Å². The lowest BCUT2D eigenvalue weighted by Crippen LogP contribution is -2.00. The van der Waals surface area contributed by atoms with Crippen LogP contribution in [0, 0.1) is 11.6 Å². The molecule has 0 aliphatic carbocycles. The van der Waals surface area contributed by atoms with E-state index in [0.717, 1.165) is 18.2 Å². The van der Waals surface area contributed by atoms with Gasteiger partial charge in [-0.25, -0.2) is 18.7 Å². The topological polar surface area (TPSA) is 63.8 Å². The van der Waals surface area contributed by atoms with E-state index in [1.807, 2.05) is 0 Å². The van der Waals surface area contributed by atoms with E-state index in [2.05, 4.69) is 31.2 Å². The molecule has 0 bridgehead atoms. The SMILES string of the molecule is Nc1ncnc(Nc2cc(F)cc(F)c2)c1Br. The van der Waals surface area contributed by atoms with Gasteiger partial charge >= 0.3 is 0 Å². The predicted molar refractivity (Wildman–Crippen MR) is 63.8 cm³/mol. The molecular weight excluding hydrogens is 294 g/mol. The summed E-state index contributed by atoms with van der Waals surface area (Å²) in [4.78, 5) is 7.65. The van der Waals surface area contributed by atoms with Crippen molar-refractivity contribution in [2.45, 2.75) is 0 Å². The number of anilines is 3. The van der Waals surface area contributed by atoms with Crippen LogP contribution in [0.1, 0.15) is 0 Å². The van der Waals surface area contributed by atoms with Gasteiger partial charge in [0, 0.05) is 11.8 Å². The summed E-state index contributed by atoms with van der Waals surface area (Å²) >= 11 is 3.17. The van der Waals surface area contributed by atoms with E-state index in [1.54, 1.807) is 0 Å². The lowest BCUT2D eigenvalue weighted by Gasteiger charge is -2.08. The van der Waals surface area contributed by atoms with Gasteiger partial charge in [-0.1, -0.05) is 0 Å². The molecule has 17 heavy (non-hydrogen) atoms. The second-order valence-corrected chi connectivity index (χ2v) is 4.00. The van der Waals surface area contributed by atoms with Gasteiger partial charge in [0.15, 0.2) is 0 Å². The number of hydrogen-bond donors (Lipinski definition) is 2. The van der Waals surface area contributed by atoms with E-state index in [9.17, 15) is 8.78 Å². The molecule has 1 aromatic carbocycles. The number of nitrogen functional groups attached to an aromatic ring is 1. The van der Waals surface area contributed by atoms with E-state index < -0.39 is 11.6 Å². The van der Waals surface area contributed by atoms with Crippen LogP contribution in [-0.4, -0.2) is 9.97 Å². The second kappa shape index (κ2) is 4.62. The maximum atomic E-state index is 13.0. The van der Waals surface area contributed by atoms with Crippen molar-refractivity contribution in [3.8, 4) is 0 Å². The predicted octanol–water partition coefficient (Wildman–Crippen LogP) is 2.84. The Bertz CT molecular complexity index is 542. The Labute approximate surface area is 104 Å². The molecule has 0 fully saturated rings. The monoisotopic (exact) mass is 300 g/mol. The normalized spacial score (nSPS) is 10.3. The van der Waals surface area contributed by atoms with Crippen LogP contribution in [0.25, 0.3) is 0 Å². The molecule has 0 radical (unpaired) electrons. The summed E-state index contributed by atoms with van der Waals surface area (Å²) in [7, 11) is 0. The summed E-state index contributed by atoms with van der Waals surface area (Å²) in [5.74, 6) is -0.779. The van der Waals surface area contributed by atoms with Gasteiger partial charge < -0.3 is 11.1 Å². The van der Waals surface area contributed by atoms with Gasteiger partial charge in [0.05, 0.1) is 0 Å². The first-order valence-electron chi connectivity index (χ1n) is 4.55. The highest BCUT2D eigenvalue weighted by Crippen LogP contribution is 2.27. The molecule has 0 spiro atoms. The number of hydrogen-bond acceptors (Lipinski definition) is 4. The zero-order chi connectivity index (χ0) is 12.4. The maximum Gasteiger partial charge on any atom is 0.150 e. The first-order chi connectivity index (χ1) is 8.06. The van der Waals surface area contributed by atoms with E-state index in [4.69, 9.17) is 5.73 Å². The number of nitrogens with zero attached hydrogens (tertiary/aromatic N) is 2. The Morgan fingerprint density at radius 2 is 1.76 bits per heavy atom. The average molecular weight is 301 g/mol. The van der Waals surface area contributed by atoms with E-state index in [-0.39, 0.29) is 11.5 Å². The smallest absolute Gasteiger partial charge is 0.150 e. The highest BCUT2D eigenvalue weighted by molar-refractivity contribution is 9.10. The molecule has 2 rings (SSSR count). The molecule has 2 aromatic rings. The number of nitrogens with two attached hydrogens (primary N) is 1. The zero-order valence-corrected chi connectivity index (χ0v) is 10.0. The minimum atomic E-state index is -0.675. The molecule has 4 nitrogen and oxygen atoms in total. The third-order valence-electron chi connectivity index (χ3n) is 1.94. The van der Waals surface area contributed by atoms with Gasteiger partial charge in [0.2, 0.25) is 0 Å². The third kappa shape index (κ3) is 2.68.